The normalized spacial score (nSPS) is 19.0. The third kappa shape index (κ3) is 5.70. The van der Waals surface area contributed by atoms with Crippen LogP contribution in [0.25, 0.3) is 0 Å². The number of amides is 1. The van der Waals surface area contributed by atoms with Gasteiger partial charge < -0.3 is 9.64 Å². The number of nitrogens with zero attached hydrogens (tertiary/aromatic N) is 1. The molecule has 6 nitrogen and oxygen atoms in total. The first-order valence-corrected chi connectivity index (χ1v) is 9.98. The topological polar surface area (TPSA) is 75.7 Å². The molecule has 2 rings (SSSR count). The van der Waals surface area contributed by atoms with Crippen molar-refractivity contribution in [2.75, 3.05) is 24.1 Å². The standard InChI is InChI=1S/C17H26N2O4S/c1-17(2,3)23-16(20)19-10-6-8-14(12-19)13-7-5-9-15(11-13)18-24(4,21)22/h5,7,9,11,14,18H,6,8,10,12H2,1-4H3. The lowest BCUT2D eigenvalue weighted by molar-refractivity contribution is 0.0198. The maximum Gasteiger partial charge on any atom is 0.410 e. The average Bonchev–Trinajstić information content (AvgIpc) is 2.44. The number of sulfonamides is 1. The fourth-order valence-electron chi connectivity index (χ4n) is 2.81. The van der Waals surface area contributed by atoms with Gasteiger partial charge in [-0.3, -0.25) is 4.72 Å². The van der Waals surface area contributed by atoms with Crippen molar-refractivity contribution in [2.24, 2.45) is 0 Å². The molecule has 1 N–H and O–H groups in total. The SMILES string of the molecule is CC(C)(C)OC(=O)N1CCCC(c2cccc(NS(C)(=O)=O)c2)C1. The number of likely N-dealkylation sites (tertiary alicyclic amines) is 1. The van der Waals surface area contributed by atoms with E-state index < -0.39 is 15.6 Å². The van der Waals surface area contributed by atoms with Crippen LogP contribution >= 0.6 is 0 Å². The summed E-state index contributed by atoms with van der Waals surface area (Å²) in [6, 6.07) is 7.36. The summed E-state index contributed by atoms with van der Waals surface area (Å²) < 4.78 is 30.7. The number of carbonyl (C=O) groups is 1. The molecule has 0 spiro atoms. The Morgan fingerprint density at radius 3 is 2.67 bits per heavy atom. The molecule has 1 amide bonds. The second kappa shape index (κ2) is 7.01. The van der Waals surface area contributed by atoms with Crippen molar-refractivity contribution in [3.8, 4) is 0 Å². The van der Waals surface area contributed by atoms with Gasteiger partial charge in [0.25, 0.3) is 0 Å². The quantitative estimate of drug-likeness (QED) is 0.904. The lowest BCUT2D eigenvalue weighted by atomic mass is 9.90. The molecule has 134 valence electrons. The molecule has 0 radical (unpaired) electrons. The molecule has 0 aliphatic carbocycles. The summed E-state index contributed by atoms with van der Waals surface area (Å²) >= 11 is 0. The van der Waals surface area contributed by atoms with E-state index in [-0.39, 0.29) is 12.0 Å². The summed E-state index contributed by atoms with van der Waals surface area (Å²) in [7, 11) is -3.30. The number of benzene rings is 1. The van der Waals surface area contributed by atoms with Gasteiger partial charge in [0.1, 0.15) is 5.60 Å². The van der Waals surface area contributed by atoms with Crippen LogP contribution in [0.3, 0.4) is 0 Å². The molecule has 1 fully saturated rings. The fourth-order valence-corrected chi connectivity index (χ4v) is 3.37. The van der Waals surface area contributed by atoms with Gasteiger partial charge in [-0.1, -0.05) is 12.1 Å². The molecule has 1 atom stereocenters. The molecule has 0 saturated carbocycles. The first-order valence-electron chi connectivity index (χ1n) is 8.09. The van der Waals surface area contributed by atoms with Crippen molar-refractivity contribution >= 4 is 21.8 Å². The molecular formula is C17H26N2O4S. The summed E-state index contributed by atoms with van der Waals surface area (Å²) in [5.74, 6) is 0.174. The van der Waals surface area contributed by atoms with Crippen LogP contribution in [0, 0.1) is 0 Å². The summed E-state index contributed by atoms with van der Waals surface area (Å²) in [5, 5.41) is 0. The number of piperidine rings is 1. The van der Waals surface area contributed by atoms with Crippen LogP contribution in [-0.2, 0) is 14.8 Å². The van der Waals surface area contributed by atoms with Gasteiger partial charge in [-0.2, -0.15) is 0 Å². The van der Waals surface area contributed by atoms with Crippen molar-refractivity contribution in [3.63, 3.8) is 0 Å². The Morgan fingerprint density at radius 2 is 2.04 bits per heavy atom. The molecule has 1 aromatic rings. The number of carbonyl (C=O) groups excluding carboxylic acids is 1. The molecule has 1 saturated heterocycles. The Labute approximate surface area is 144 Å². The van der Waals surface area contributed by atoms with E-state index in [1.165, 1.54) is 0 Å². The van der Waals surface area contributed by atoms with Gasteiger partial charge in [-0.05, 0) is 51.3 Å². The largest absolute Gasteiger partial charge is 0.444 e. The Bertz CT molecular complexity index is 695. The highest BCUT2D eigenvalue weighted by atomic mass is 32.2. The summed E-state index contributed by atoms with van der Waals surface area (Å²) in [4.78, 5) is 14.0. The Hall–Kier alpha value is -1.76. The third-order valence-corrected chi connectivity index (χ3v) is 4.34. The summed E-state index contributed by atoms with van der Waals surface area (Å²) in [5.41, 5.74) is 1.06. The monoisotopic (exact) mass is 354 g/mol. The predicted molar refractivity (Wildman–Crippen MR) is 94.7 cm³/mol. The van der Waals surface area contributed by atoms with Gasteiger partial charge >= 0.3 is 6.09 Å². The van der Waals surface area contributed by atoms with Gasteiger partial charge in [0.2, 0.25) is 10.0 Å². The van der Waals surface area contributed by atoms with Gasteiger partial charge in [0, 0.05) is 24.7 Å². The maximum absolute atomic E-state index is 12.3. The number of ether oxygens (including phenoxy) is 1. The highest BCUT2D eigenvalue weighted by Gasteiger charge is 2.28. The zero-order valence-electron chi connectivity index (χ0n) is 14.7. The Balaban J connectivity index is 2.09. The summed E-state index contributed by atoms with van der Waals surface area (Å²) in [6.45, 7) is 6.83. The molecule has 7 heteroatoms. The minimum Gasteiger partial charge on any atom is -0.444 e. The minimum absolute atomic E-state index is 0.174. The molecule has 1 heterocycles. The van der Waals surface area contributed by atoms with Crippen molar-refractivity contribution in [3.05, 3.63) is 29.8 Å². The third-order valence-electron chi connectivity index (χ3n) is 3.73. The van der Waals surface area contributed by atoms with Crippen molar-refractivity contribution in [1.82, 2.24) is 4.90 Å². The maximum atomic E-state index is 12.3. The van der Waals surface area contributed by atoms with E-state index in [1.807, 2.05) is 39.0 Å². The van der Waals surface area contributed by atoms with E-state index in [1.54, 1.807) is 11.0 Å². The predicted octanol–water partition coefficient (Wildman–Crippen LogP) is 3.17. The average molecular weight is 354 g/mol. The van der Waals surface area contributed by atoms with Crippen LogP contribution < -0.4 is 4.72 Å². The van der Waals surface area contributed by atoms with Gasteiger partial charge in [-0.15, -0.1) is 0 Å². The molecular weight excluding hydrogens is 328 g/mol. The molecule has 1 unspecified atom stereocenters. The van der Waals surface area contributed by atoms with Crippen molar-refractivity contribution in [1.29, 1.82) is 0 Å². The minimum atomic E-state index is -3.30. The number of hydrogen-bond donors (Lipinski definition) is 1. The zero-order valence-corrected chi connectivity index (χ0v) is 15.5. The van der Waals surface area contributed by atoms with E-state index in [0.717, 1.165) is 24.7 Å². The number of hydrogen-bond acceptors (Lipinski definition) is 4. The molecule has 1 aliphatic heterocycles. The van der Waals surface area contributed by atoms with Gasteiger partial charge in [-0.25, -0.2) is 13.2 Å². The smallest absolute Gasteiger partial charge is 0.410 e. The van der Waals surface area contributed by atoms with Crippen LogP contribution in [0.15, 0.2) is 24.3 Å². The Kier molecular flexibility index (Phi) is 5.42. The lowest BCUT2D eigenvalue weighted by Crippen LogP contribution is -2.42. The van der Waals surface area contributed by atoms with Crippen LogP contribution in [0.2, 0.25) is 0 Å². The number of nitrogens with one attached hydrogen (secondary N) is 1. The van der Waals surface area contributed by atoms with Crippen molar-refractivity contribution in [2.45, 2.75) is 45.1 Å². The van der Waals surface area contributed by atoms with Gasteiger partial charge in [0.05, 0.1) is 6.26 Å². The van der Waals surface area contributed by atoms with E-state index in [9.17, 15) is 13.2 Å². The highest BCUT2D eigenvalue weighted by Crippen LogP contribution is 2.29. The van der Waals surface area contributed by atoms with Gasteiger partial charge in [0.15, 0.2) is 0 Å². The molecule has 0 aromatic heterocycles. The second-order valence-corrected chi connectivity index (χ2v) is 9.01. The lowest BCUT2D eigenvalue weighted by Gasteiger charge is -2.34. The second-order valence-electron chi connectivity index (χ2n) is 7.27. The molecule has 0 bridgehead atoms. The van der Waals surface area contributed by atoms with E-state index in [4.69, 9.17) is 4.74 Å². The summed E-state index contributed by atoms with van der Waals surface area (Å²) in [6.07, 6.45) is 2.69. The highest BCUT2D eigenvalue weighted by molar-refractivity contribution is 7.92. The van der Waals surface area contributed by atoms with Crippen molar-refractivity contribution < 1.29 is 17.9 Å². The van der Waals surface area contributed by atoms with Crippen LogP contribution in [-0.4, -0.2) is 44.4 Å². The first-order chi connectivity index (χ1) is 11.0. The Morgan fingerprint density at radius 1 is 1.33 bits per heavy atom. The van der Waals surface area contributed by atoms with Crippen LogP contribution in [0.5, 0.6) is 0 Å². The molecule has 1 aromatic carbocycles. The van der Waals surface area contributed by atoms with Crippen LogP contribution in [0.1, 0.15) is 45.1 Å². The molecule has 1 aliphatic rings. The van der Waals surface area contributed by atoms with E-state index in [2.05, 4.69) is 4.72 Å². The van der Waals surface area contributed by atoms with E-state index >= 15 is 0 Å². The molecule has 24 heavy (non-hydrogen) atoms. The fraction of sp³-hybridized carbons (Fsp3) is 0.588. The zero-order chi connectivity index (χ0) is 18.0. The van der Waals surface area contributed by atoms with E-state index in [0.29, 0.717) is 18.8 Å². The number of anilines is 1. The number of rotatable bonds is 3. The first kappa shape index (κ1) is 18.6. The van der Waals surface area contributed by atoms with Crippen LogP contribution in [0.4, 0.5) is 10.5 Å².